The summed E-state index contributed by atoms with van der Waals surface area (Å²) in [6, 6.07) is 7.68. The smallest absolute Gasteiger partial charge is 0.258 e. The van der Waals surface area contributed by atoms with Crippen molar-refractivity contribution in [1.82, 2.24) is 15.1 Å². The highest BCUT2D eigenvalue weighted by atomic mass is 16.5. The number of nitrogen functional groups attached to an aromatic ring is 1. The number of aromatic nitrogens is 3. The molecule has 21 heavy (non-hydrogen) atoms. The second-order valence-corrected chi connectivity index (χ2v) is 5.06. The van der Waals surface area contributed by atoms with Crippen LogP contribution in [0.4, 0.5) is 5.69 Å². The zero-order valence-electron chi connectivity index (χ0n) is 12.0. The van der Waals surface area contributed by atoms with Crippen molar-refractivity contribution in [2.75, 3.05) is 5.73 Å². The molecule has 0 spiro atoms. The highest BCUT2D eigenvalue weighted by Gasteiger charge is 2.13. The molecule has 0 aliphatic carbocycles. The van der Waals surface area contributed by atoms with Gasteiger partial charge < -0.3 is 10.3 Å². The maximum absolute atomic E-state index is 5.90. The number of aryl methyl sites for hydroxylation is 1. The molecule has 2 heterocycles. The first-order valence-corrected chi connectivity index (χ1v) is 6.72. The van der Waals surface area contributed by atoms with Gasteiger partial charge in [0.2, 0.25) is 0 Å². The summed E-state index contributed by atoms with van der Waals surface area (Å²) in [6.45, 7) is 4.04. The van der Waals surface area contributed by atoms with E-state index in [1.165, 1.54) is 0 Å². The summed E-state index contributed by atoms with van der Waals surface area (Å²) in [5.41, 5.74) is 10.7. The lowest BCUT2D eigenvalue weighted by atomic mass is 10.0. The van der Waals surface area contributed by atoms with Crippen LogP contribution in [-0.2, 0) is 6.42 Å². The lowest BCUT2D eigenvalue weighted by molar-refractivity contribution is 0.423. The quantitative estimate of drug-likeness (QED) is 0.746. The predicted octanol–water partition coefficient (Wildman–Crippen LogP) is 2.92. The first-order valence-electron chi connectivity index (χ1n) is 6.72. The molecule has 3 aromatic rings. The van der Waals surface area contributed by atoms with Crippen LogP contribution in [0.5, 0.6) is 0 Å². The van der Waals surface area contributed by atoms with Gasteiger partial charge in [-0.15, -0.1) is 0 Å². The number of pyridine rings is 1. The van der Waals surface area contributed by atoms with Gasteiger partial charge in [0.05, 0.1) is 0 Å². The van der Waals surface area contributed by atoms with Crippen LogP contribution in [0.25, 0.3) is 11.5 Å². The Morgan fingerprint density at radius 1 is 1.24 bits per heavy atom. The third-order valence-electron chi connectivity index (χ3n) is 3.47. The van der Waals surface area contributed by atoms with Crippen LogP contribution in [0.2, 0.25) is 0 Å². The average Bonchev–Trinajstić information content (AvgIpc) is 2.92. The van der Waals surface area contributed by atoms with Crippen LogP contribution in [0.3, 0.4) is 0 Å². The third kappa shape index (κ3) is 2.76. The second kappa shape index (κ2) is 5.36. The molecule has 0 bridgehead atoms. The maximum atomic E-state index is 5.90. The van der Waals surface area contributed by atoms with Gasteiger partial charge in [-0.05, 0) is 48.7 Å². The molecule has 5 heteroatoms. The Bertz CT molecular complexity index is 765. The van der Waals surface area contributed by atoms with Crippen LogP contribution in [0.1, 0.15) is 22.5 Å². The standard InChI is InChI=1S/C16H16N4O/c1-10-6-13(17)8-14(11(10)2)16-19-15(20-21-16)7-12-4-3-5-18-9-12/h3-6,8-9H,7,17H2,1-2H3. The third-order valence-corrected chi connectivity index (χ3v) is 3.47. The number of hydrogen-bond acceptors (Lipinski definition) is 5. The molecule has 3 rings (SSSR count). The highest BCUT2D eigenvalue weighted by Crippen LogP contribution is 2.27. The molecule has 0 saturated carbocycles. The van der Waals surface area contributed by atoms with Gasteiger partial charge in [-0.25, -0.2) is 0 Å². The van der Waals surface area contributed by atoms with Gasteiger partial charge >= 0.3 is 0 Å². The normalized spacial score (nSPS) is 10.8. The number of nitrogens with two attached hydrogens (primary N) is 1. The number of benzene rings is 1. The number of nitrogens with zero attached hydrogens (tertiary/aromatic N) is 3. The summed E-state index contributed by atoms with van der Waals surface area (Å²) >= 11 is 0. The Morgan fingerprint density at radius 3 is 2.86 bits per heavy atom. The fourth-order valence-corrected chi connectivity index (χ4v) is 2.23. The largest absolute Gasteiger partial charge is 0.399 e. The van der Waals surface area contributed by atoms with Gasteiger partial charge in [0.25, 0.3) is 5.89 Å². The van der Waals surface area contributed by atoms with Crippen molar-refractivity contribution >= 4 is 5.69 Å². The lowest BCUT2D eigenvalue weighted by Crippen LogP contribution is -1.94. The lowest BCUT2D eigenvalue weighted by Gasteiger charge is -2.06. The van der Waals surface area contributed by atoms with E-state index in [0.717, 1.165) is 22.3 Å². The molecule has 0 unspecified atom stereocenters. The first kappa shape index (κ1) is 13.3. The van der Waals surface area contributed by atoms with E-state index in [0.29, 0.717) is 23.8 Å². The predicted molar refractivity (Wildman–Crippen MR) is 80.7 cm³/mol. The molecule has 2 aromatic heterocycles. The molecule has 0 aliphatic heterocycles. The van der Waals surface area contributed by atoms with E-state index in [1.807, 2.05) is 38.1 Å². The second-order valence-electron chi connectivity index (χ2n) is 5.06. The number of hydrogen-bond donors (Lipinski definition) is 1. The van der Waals surface area contributed by atoms with Gasteiger partial charge in [-0.1, -0.05) is 11.2 Å². The summed E-state index contributed by atoms with van der Waals surface area (Å²) in [5, 5.41) is 4.03. The van der Waals surface area contributed by atoms with Gasteiger partial charge in [0.1, 0.15) is 0 Å². The van der Waals surface area contributed by atoms with E-state index in [-0.39, 0.29) is 0 Å². The van der Waals surface area contributed by atoms with Crippen molar-refractivity contribution < 1.29 is 4.52 Å². The molecule has 5 nitrogen and oxygen atoms in total. The zero-order chi connectivity index (χ0) is 14.8. The van der Waals surface area contributed by atoms with Crippen LogP contribution < -0.4 is 5.73 Å². The Balaban J connectivity index is 1.92. The van der Waals surface area contributed by atoms with E-state index < -0.39 is 0 Å². The molecule has 0 atom stereocenters. The van der Waals surface area contributed by atoms with Crippen molar-refractivity contribution in [3.05, 3.63) is 59.2 Å². The Morgan fingerprint density at radius 2 is 2.10 bits per heavy atom. The van der Waals surface area contributed by atoms with Crippen molar-refractivity contribution in [1.29, 1.82) is 0 Å². The molecule has 2 N–H and O–H groups in total. The van der Waals surface area contributed by atoms with Crippen LogP contribution in [0, 0.1) is 13.8 Å². The van der Waals surface area contributed by atoms with E-state index in [1.54, 1.807) is 12.4 Å². The average molecular weight is 280 g/mol. The summed E-state index contributed by atoms with van der Waals surface area (Å²) < 4.78 is 5.38. The molecule has 0 saturated heterocycles. The number of anilines is 1. The first-order chi connectivity index (χ1) is 10.1. The minimum atomic E-state index is 0.502. The molecule has 0 amide bonds. The van der Waals surface area contributed by atoms with E-state index in [2.05, 4.69) is 15.1 Å². The molecule has 0 aliphatic rings. The Kier molecular flexibility index (Phi) is 3.39. The van der Waals surface area contributed by atoms with Crippen molar-refractivity contribution in [2.24, 2.45) is 0 Å². The fraction of sp³-hybridized carbons (Fsp3) is 0.188. The van der Waals surface area contributed by atoms with Crippen LogP contribution in [0.15, 0.2) is 41.2 Å². The fourth-order valence-electron chi connectivity index (χ4n) is 2.23. The molecule has 1 aromatic carbocycles. The van der Waals surface area contributed by atoms with Crippen LogP contribution >= 0.6 is 0 Å². The summed E-state index contributed by atoms with van der Waals surface area (Å²) in [5.74, 6) is 1.14. The van der Waals surface area contributed by atoms with E-state index in [4.69, 9.17) is 10.3 Å². The van der Waals surface area contributed by atoms with Crippen molar-refractivity contribution in [3.63, 3.8) is 0 Å². The van der Waals surface area contributed by atoms with Crippen LogP contribution in [-0.4, -0.2) is 15.1 Å². The summed E-state index contributed by atoms with van der Waals surface area (Å²) in [6.07, 6.45) is 4.13. The maximum Gasteiger partial charge on any atom is 0.258 e. The molecule has 106 valence electrons. The van der Waals surface area contributed by atoms with Gasteiger partial charge in [0, 0.05) is 30.1 Å². The molecule has 0 fully saturated rings. The van der Waals surface area contributed by atoms with E-state index >= 15 is 0 Å². The summed E-state index contributed by atoms with van der Waals surface area (Å²) in [7, 11) is 0. The highest BCUT2D eigenvalue weighted by molar-refractivity contribution is 5.66. The Hall–Kier alpha value is -2.69. The minimum absolute atomic E-state index is 0.502. The summed E-state index contributed by atoms with van der Waals surface area (Å²) in [4.78, 5) is 8.54. The van der Waals surface area contributed by atoms with Gasteiger partial charge in [0.15, 0.2) is 5.82 Å². The molecular weight excluding hydrogens is 264 g/mol. The SMILES string of the molecule is Cc1cc(N)cc(-c2nc(Cc3cccnc3)no2)c1C. The Labute approximate surface area is 122 Å². The van der Waals surface area contributed by atoms with Crippen molar-refractivity contribution in [2.45, 2.75) is 20.3 Å². The zero-order valence-corrected chi connectivity index (χ0v) is 12.0. The van der Waals surface area contributed by atoms with Gasteiger partial charge in [-0.2, -0.15) is 4.98 Å². The minimum Gasteiger partial charge on any atom is -0.399 e. The van der Waals surface area contributed by atoms with Crippen molar-refractivity contribution in [3.8, 4) is 11.5 Å². The molecule has 0 radical (unpaired) electrons. The monoisotopic (exact) mass is 280 g/mol. The molecular formula is C16H16N4O. The van der Waals surface area contributed by atoms with Gasteiger partial charge in [-0.3, -0.25) is 4.98 Å². The topological polar surface area (TPSA) is 77.8 Å². The van der Waals surface area contributed by atoms with E-state index in [9.17, 15) is 0 Å². The number of rotatable bonds is 3.